The van der Waals surface area contributed by atoms with E-state index in [1.165, 1.54) is 0 Å². The van der Waals surface area contributed by atoms with Crippen LogP contribution in [0.4, 0.5) is 13.2 Å². The van der Waals surface area contributed by atoms with Crippen molar-refractivity contribution >= 4 is 5.91 Å². The molecule has 1 aliphatic carbocycles. The number of rotatable bonds is 5. The van der Waals surface area contributed by atoms with Gasteiger partial charge in [-0.15, -0.1) is 0 Å². The zero-order valence-corrected chi connectivity index (χ0v) is 9.39. The standard InChI is InChI=1S/C10H17F3N2O2/c11-10(12,13)6-15-9(17)5-14-4-7-2-1-3-8(7)16/h7-8,14,16H,1-6H2,(H,15,17). The van der Waals surface area contributed by atoms with Gasteiger partial charge in [0.25, 0.3) is 0 Å². The molecular weight excluding hydrogens is 237 g/mol. The molecule has 100 valence electrons. The summed E-state index contributed by atoms with van der Waals surface area (Å²) < 4.78 is 35.3. The smallest absolute Gasteiger partial charge is 0.393 e. The van der Waals surface area contributed by atoms with Crippen LogP contribution in [0.3, 0.4) is 0 Å². The van der Waals surface area contributed by atoms with Gasteiger partial charge in [-0.25, -0.2) is 0 Å². The van der Waals surface area contributed by atoms with E-state index < -0.39 is 18.6 Å². The van der Waals surface area contributed by atoms with Gasteiger partial charge in [-0.3, -0.25) is 4.79 Å². The number of nitrogens with one attached hydrogen (secondary N) is 2. The highest BCUT2D eigenvalue weighted by molar-refractivity contribution is 5.77. The van der Waals surface area contributed by atoms with Crippen LogP contribution in [0, 0.1) is 5.92 Å². The molecule has 7 heteroatoms. The summed E-state index contributed by atoms with van der Waals surface area (Å²) in [6.45, 7) is -1.00. The van der Waals surface area contributed by atoms with Crippen molar-refractivity contribution < 1.29 is 23.1 Å². The Morgan fingerprint density at radius 2 is 2.06 bits per heavy atom. The van der Waals surface area contributed by atoms with Crippen LogP contribution < -0.4 is 10.6 Å². The number of carbonyl (C=O) groups excluding carboxylic acids is 1. The summed E-state index contributed by atoms with van der Waals surface area (Å²) in [6, 6.07) is 0. The predicted octanol–water partition coefficient (Wildman–Crippen LogP) is 0.415. The molecule has 17 heavy (non-hydrogen) atoms. The SMILES string of the molecule is O=C(CNCC1CCCC1O)NCC(F)(F)F. The first kappa shape index (κ1) is 14.2. The Labute approximate surface area is 97.6 Å². The van der Waals surface area contributed by atoms with Gasteiger partial charge in [0.2, 0.25) is 5.91 Å². The van der Waals surface area contributed by atoms with Crippen molar-refractivity contribution in [2.75, 3.05) is 19.6 Å². The van der Waals surface area contributed by atoms with Crippen LogP contribution in [-0.4, -0.2) is 42.9 Å². The third kappa shape index (κ3) is 5.88. The minimum absolute atomic E-state index is 0.102. The number of aliphatic hydroxyl groups excluding tert-OH is 1. The fourth-order valence-electron chi connectivity index (χ4n) is 1.89. The molecule has 0 bridgehead atoms. The van der Waals surface area contributed by atoms with E-state index >= 15 is 0 Å². The number of carbonyl (C=O) groups is 1. The van der Waals surface area contributed by atoms with E-state index in [1.54, 1.807) is 5.32 Å². The Bertz CT molecular complexity index is 258. The lowest BCUT2D eigenvalue weighted by atomic mass is 10.1. The van der Waals surface area contributed by atoms with Crippen LogP contribution in [0.1, 0.15) is 19.3 Å². The molecule has 1 rings (SSSR count). The molecule has 3 N–H and O–H groups in total. The zero-order valence-electron chi connectivity index (χ0n) is 9.39. The molecule has 0 aromatic carbocycles. The lowest BCUT2D eigenvalue weighted by molar-refractivity contribution is -0.137. The van der Waals surface area contributed by atoms with Gasteiger partial charge >= 0.3 is 6.18 Å². The van der Waals surface area contributed by atoms with Gasteiger partial charge in [-0.05, 0) is 18.8 Å². The summed E-state index contributed by atoms with van der Waals surface area (Å²) in [5.41, 5.74) is 0. The van der Waals surface area contributed by atoms with Crippen molar-refractivity contribution in [3.63, 3.8) is 0 Å². The molecule has 2 atom stereocenters. The van der Waals surface area contributed by atoms with Gasteiger partial charge in [0, 0.05) is 6.54 Å². The molecule has 0 aromatic rings. The van der Waals surface area contributed by atoms with E-state index in [0.29, 0.717) is 6.54 Å². The molecule has 1 saturated carbocycles. The Morgan fingerprint density at radius 1 is 1.35 bits per heavy atom. The molecule has 1 aliphatic rings. The largest absolute Gasteiger partial charge is 0.405 e. The first-order valence-corrected chi connectivity index (χ1v) is 5.61. The van der Waals surface area contributed by atoms with E-state index in [2.05, 4.69) is 5.32 Å². The average molecular weight is 254 g/mol. The zero-order chi connectivity index (χ0) is 12.9. The number of hydrogen-bond acceptors (Lipinski definition) is 3. The number of halogens is 3. The molecule has 0 spiro atoms. The van der Waals surface area contributed by atoms with Crippen LogP contribution in [-0.2, 0) is 4.79 Å². The monoisotopic (exact) mass is 254 g/mol. The van der Waals surface area contributed by atoms with Gasteiger partial charge in [0.15, 0.2) is 0 Å². The van der Waals surface area contributed by atoms with Crippen molar-refractivity contribution in [1.29, 1.82) is 0 Å². The summed E-state index contributed by atoms with van der Waals surface area (Å²) in [5.74, 6) is -0.583. The fraction of sp³-hybridized carbons (Fsp3) is 0.900. The third-order valence-corrected chi connectivity index (χ3v) is 2.80. The molecular formula is C10H17F3N2O2. The summed E-state index contributed by atoms with van der Waals surface area (Å²) in [5, 5.41) is 14.0. The second kappa shape index (κ2) is 6.20. The highest BCUT2D eigenvalue weighted by Gasteiger charge is 2.28. The summed E-state index contributed by atoms with van der Waals surface area (Å²) in [4.78, 5) is 11.0. The van der Waals surface area contributed by atoms with Crippen molar-refractivity contribution in [2.24, 2.45) is 5.92 Å². The van der Waals surface area contributed by atoms with Crippen molar-refractivity contribution in [3.8, 4) is 0 Å². The highest BCUT2D eigenvalue weighted by atomic mass is 19.4. The van der Waals surface area contributed by atoms with Crippen LogP contribution >= 0.6 is 0 Å². The normalized spacial score (nSPS) is 24.9. The van der Waals surface area contributed by atoms with Gasteiger partial charge in [0.1, 0.15) is 6.54 Å². The van der Waals surface area contributed by atoms with Crippen LogP contribution in [0.25, 0.3) is 0 Å². The molecule has 0 aromatic heterocycles. The Kier molecular flexibility index (Phi) is 5.20. The molecule has 0 heterocycles. The molecule has 0 radical (unpaired) electrons. The van der Waals surface area contributed by atoms with Gasteiger partial charge in [0.05, 0.1) is 12.6 Å². The first-order valence-electron chi connectivity index (χ1n) is 5.61. The number of hydrogen-bond donors (Lipinski definition) is 3. The Balaban J connectivity index is 2.08. The first-order chi connectivity index (χ1) is 7.88. The lowest BCUT2D eigenvalue weighted by Crippen LogP contribution is -2.40. The maximum Gasteiger partial charge on any atom is 0.405 e. The van der Waals surface area contributed by atoms with E-state index in [-0.39, 0.29) is 18.6 Å². The van der Waals surface area contributed by atoms with E-state index in [4.69, 9.17) is 0 Å². The summed E-state index contributed by atoms with van der Waals surface area (Å²) in [6.07, 6.45) is -2.14. The Hall–Kier alpha value is -0.820. The van der Waals surface area contributed by atoms with Crippen LogP contribution in [0.5, 0.6) is 0 Å². The average Bonchev–Trinajstić information content (AvgIpc) is 2.61. The van der Waals surface area contributed by atoms with Gasteiger partial charge in [-0.1, -0.05) is 6.42 Å². The molecule has 0 saturated heterocycles. The lowest BCUT2D eigenvalue weighted by Gasteiger charge is -2.15. The predicted molar refractivity (Wildman–Crippen MR) is 55.3 cm³/mol. The summed E-state index contributed by atoms with van der Waals surface area (Å²) >= 11 is 0. The minimum atomic E-state index is -4.38. The minimum Gasteiger partial charge on any atom is -0.393 e. The summed E-state index contributed by atoms with van der Waals surface area (Å²) in [7, 11) is 0. The van der Waals surface area contributed by atoms with Crippen molar-refractivity contribution in [3.05, 3.63) is 0 Å². The maximum absolute atomic E-state index is 11.8. The van der Waals surface area contributed by atoms with Gasteiger partial charge in [-0.2, -0.15) is 13.2 Å². The molecule has 2 unspecified atom stereocenters. The number of aliphatic hydroxyl groups is 1. The quantitative estimate of drug-likeness (QED) is 0.666. The number of alkyl halides is 3. The molecule has 0 aliphatic heterocycles. The highest BCUT2D eigenvalue weighted by Crippen LogP contribution is 2.24. The molecule has 1 amide bonds. The van der Waals surface area contributed by atoms with Crippen LogP contribution in [0.15, 0.2) is 0 Å². The third-order valence-electron chi connectivity index (χ3n) is 2.80. The number of amides is 1. The van der Waals surface area contributed by atoms with Crippen molar-refractivity contribution in [1.82, 2.24) is 10.6 Å². The maximum atomic E-state index is 11.8. The second-order valence-corrected chi connectivity index (χ2v) is 4.28. The van der Waals surface area contributed by atoms with E-state index in [1.807, 2.05) is 0 Å². The molecule has 1 fully saturated rings. The van der Waals surface area contributed by atoms with Gasteiger partial charge < -0.3 is 15.7 Å². The van der Waals surface area contributed by atoms with Crippen molar-refractivity contribution in [2.45, 2.75) is 31.5 Å². The second-order valence-electron chi connectivity index (χ2n) is 4.28. The fourth-order valence-corrected chi connectivity index (χ4v) is 1.89. The van der Waals surface area contributed by atoms with Crippen LogP contribution in [0.2, 0.25) is 0 Å². The topological polar surface area (TPSA) is 61.4 Å². The molecule has 4 nitrogen and oxygen atoms in total. The van der Waals surface area contributed by atoms with E-state index in [9.17, 15) is 23.1 Å². The Morgan fingerprint density at radius 3 is 2.59 bits per heavy atom. The van der Waals surface area contributed by atoms with E-state index in [0.717, 1.165) is 19.3 Å².